The van der Waals surface area contributed by atoms with E-state index < -0.39 is 37.4 Å². The van der Waals surface area contributed by atoms with Gasteiger partial charge < -0.3 is 51.3 Å². The molecule has 0 saturated carbocycles. The van der Waals surface area contributed by atoms with Crippen LogP contribution in [-0.4, -0.2) is 102 Å². The lowest BCUT2D eigenvalue weighted by atomic mass is 9.61. The summed E-state index contributed by atoms with van der Waals surface area (Å²) in [5.74, 6) is 0. The molecule has 1 unspecified atom stereocenters. The van der Waals surface area contributed by atoms with Crippen molar-refractivity contribution in [3.63, 3.8) is 0 Å². The van der Waals surface area contributed by atoms with Gasteiger partial charge in [0.2, 0.25) is 0 Å². The fourth-order valence-electron chi connectivity index (χ4n) is 5.34. The normalized spacial score (nSPS) is 14.8. The standard InChI is InChI=1S/C23H56N2O9Si3/c1-22(2,25)23(16-13-19-36(29-6,30-7)31-8,17-14-20-37(32-9,33-10)34-11)21(24)15-12-18-35(26-3,27-4)28-5/h21H,12-20,24-25H2,1-11H3. The van der Waals surface area contributed by atoms with Crippen molar-refractivity contribution in [1.29, 1.82) is 0 Å². The number of rotatable bonds is 23. The zero-order valence-electron chi connectivity index (χ0n) is 25.3. The molecule has 0 radical (unpaired) electrons. The molecule has 0 aliphatic carbocycles. The molecule has 0 saturated heterocycles. The van der Waals surface area contributed by atoms with Crippen LogP contribution in [0.1, 0.15) is 52.4 Å². The second-order valence-corrected chi connectivity index (χ2v) is 19.2. The van der Waals surface area contributed by atoms with Crippen LogP contribution >= 0.6 is 0 Å². The molecule has 0 fully saturated rings. The van der Waals surface area contributed by atoms with Gasteiger partial charge in [-0.25, -0.2) is 0 Å². The highest BCUT2D eigenvalue weighted by molar-refractivity contribution is 6.61. The molecule has 0 heterocycles. The predicted molar refractivity (Wildman–Crippen MR) is 151 cm³/mol. The van der Waals surface area contributed by atoms with Crippen LogP contribution in [0.2, 0.25) is 18.1 Å². The van der Waals surface area contributed by atoms with Crippen molar-refractivity contribution in [2.24, 2.45) is 16.9 Å². The second-order valence-electron chi connectivity index (χ2n) is 9.97. The molecule has 0 amide bonds. The summed E-state index contributed by atoms with van der Waals surface area (Å²) in [6.07, 6.45) is 4.69. The van der Waals surface area contributed by atoms with Crippen molar-refractivity contribution in [3.05, 3.63) is 0 Å². The third-order valence-electron chi connectivity index (χ3n) is 8.00. The van der Waals surface area contributed by atoms with Gasteiger partial charge in [0.05, 0.1) is 0 Å². The highest BCUT2D eigenvalue weighted by Crippen LogP contribution is 2.45. The van der Waals surface area contributed by atoms with Crippen molar-refractivity contribution in [1.82, 2.24) is 0 Å². The first-order valence-corrected chi connectivity index (χ1v) is 18.6. The lowest BCUT2D eigenvalue weighted by Crippen LogP contribution is -2.60. The van der Waals surface area contributed by atoms with Crippen LogP contribution in [0.15, 0.2) is 0 Å². The fraction of sp³-hybridized carbons (Fsp3) is 1.00. The maximum Gasteiger partial charge on any atom is 0.500 e. The van der Waals surface area contributed by atoms with Crippen LogP contribution in [0.4, 0.5) is 0 Å². The molecule has 224 valence electrons. The first-order chi connectivity index (χ1) is 17.3. The Bertz CT molecular complexity index is 552. The van der Waals surface area contributed by atoms with Crippen LogP contribution in [0.5, 0.6) is 0 Å². The number of nitrogens with two attached hydrogens (primary N) is 2. The third-order valence-corrected chi connectivity index (χ3v) is 16.5. The number of hydrogen-bond donors (Lipinski definition) is 2. The first-order valence-electron chi connectivity index (χ1n) is 12.8. The highest BCUT2D eigenvalue weighted by atomic mass is 28.4. The minimum absolute atomic E-state index is 0.183. The molecule has 1 atom stereocenters. The zero-order chi connectivity index (χ0) is 28.8. The van der Waals surface area contributed by atoms with Crippen molar-refractivity contribution in [2.75, 3.05) is 64.0 Å². The number of hydrogen-bond acceptors (Lipinski definition) is 11. The van der Waals surface area contributed by atoms with Gasteiger partial charge in [0.25, 0.3) is 0 Å². The molecule has 37 heavy (non-hydrogen) atoms. The Morgan fingerprint density at radius 1 is 0.541 bits per heavy atom. The van der Waals surface area contributed by atoms with Gasteiger partial charge in [-0.05, 0) is 52.4 Å². The minimum atomic E-state index is -2.73. The van der Waals surface area contributed by atoms with Gasteiger partial charge in [-0.1, -0.05) is 0 Å². The van der Waals surface area contributed by atoms with E-state index in [-0.39, 0.29) is 6.04 Å². The fourth-order valence-corrected chi connectivity index (χ4v) is 10.5. The highest BCUT2D eigenvalue weighted by Gasteiger charge is 2.49. The Hall–Kier alpha value is 0.211. The van der Waals surface area contributed by atoms with E-state index in [0.717, 1.165) is 38.5 Å². The van der Waals surface area contributed by atoms with E-state index in [0.29, 0.717) is 18.1 Å². The Labute approximate surface area is 229 Å². The average molecular weight is 589 g/mol. The lowest BCUT2D eigenvalue weighted by Gasteiger charge is -2.50. The zero-order valence-corrected chi connectivity index (χ0v) is 28.3. The minimum Gasteiger partial charge on any atom is -0.377 e. The van der Waals surface area contributed by atoms with Gasteiger partial charge in [0.1, 0.15) is 0 Å². The van der Waals surface area contributed by atoms with E-state index >= 15 is 0 Å². The van der Waals surface area contributed by atoms with Gasteiger partial charge in [-0.2, -0.15) is 0 Å². The maximum atomic E-state index is 7.04. The molecule has 0 bridgehead atoms. The van der Waals surface area contributed by atoms with E-state index in [9.17, 15) is 0 Å². The topological polar surface area (TPSA) is 135 Å². The van der Waals surface area contributed by atoms with E-state index in [1.54, 1.807) is 64.0 Å². The Morgan fingerprint density at radius 3 is 1.05 bits per heavy atom. The van der Waals surface area contributed by atoms with Crippen LogP contribution in [0.25, 0.3) is 0 Å². The quantitative estimate of drug-likeness (QED) is 0.171. The molecule has 0 spiro atoms. The summed E-state index contributed by atoms with van der Waals surface area (Å²) in [4.78, 5) is 0. The summed E-state index contributed by atoms with van der Waals surface area (Å²) >= 11 is 0. The van der Waals surface area contributed by atoms with Crippen molar-refractivity contribution < 1.29 is 39.8 Å². The molecule has 4 N–H and O–H groups in total. The van der Waals surface area contributed by atoms with E-state index in [1.165, 1.54) is 0 Å². The Morgan fingerprint density at radius 2 is 0.811 bits per heavy atom. The summed E-state index contributed by atoms with van der Waals surface area (Å²) in [5, 5.41) is 0. The van der Waals surface area contributed by atoms with Crippen LogP contribution < -0.4 is 11.5 Å². The monoisotopic (exact) mass is 588 g/mol. The largest absolute Gasteiger partial charge is 0.500 e. The summed E-state index contributed by atoms with van der Waals surface area (Å²) in [5.41, 5.74) is 13.0. The average Bonchev–Trinajstić information content (AvgIpc) is 2.90. The van der Waals surface area contributed by atoms with Gasteiger partial charge in [0.15, 0.2) is 0 Å². The van der Waals surface area contributed by atoms with Crippen LogP contribution in [0.3, 0.4) is 0 Å². The van der Waals surface area contributed by atoms with Crippen LogP contribution in [-0.2, 0) is 39.8 Å². The van der Waals surface area contributed by atoms with Crippen LogP contribution in [0, 0.1) is 5.41 Å². The van der Waals surface area contributed by atoms with Gasteiger partial charge >= 0.3 is 26.4 Å². The first kappa shape index (κ1) is 37.2. The molecule has 0 aromatic rings. The summed E-state index contributed by atoms with van der Waals surface area (Å²) in [6.45, 7) is 4.12. The van der Waals surface area contributed by atoms with Crippen molar-refractivity contribution in [2.45, 2.75) is 82.1 Å². The van der Waals surface area contributed by atoms with Crippen molar-refractivity contribution in [3.8, 4) is 0 Å². The molecule has 0 aromatic carbocycles. The molecular weight excluding hydrogens is 533 g/mol. The van der Waals surface area contributed by atoms with E-state index in [1.807, 2.05) is 0 Å². The third kappa shape index (κ3) is 9.97. The molecule has 11 nitrogen and oxygen atoms in total. The van der Waals surface area contributed by atoms with Gasteiger partial charge in [-0.15, -0.1) is 0 Å². The SMILES string of the molecule is CO[Si](CCCC(N)C(CCC[Si](OC)(OC)OC)(CCC[Si](OC)(OC)OC)C(C)(C)N)(OC)OC. The molecule has 0 rings (SSSR count). The Balaban J connectivity index is 5.95. The summed E-state index contributed by atoms with van der Waals surface area (Å²) < 4.78 is 50.8. The van der Waals surface area contributed by atoms with Crippen molar-refractivity contribution >= 4 is 26.4 Å². The summed E-state index contributed by atoms with van der Waals surface area (Å²) in [6, 6.07) is 1.82. The molecule has 0 aromatic heterocycles. The smallest absolute Gasteiger partial charge is 0.377 e. The molecule has 14 heteroatoms. The van der Waals surface area contributed by atoms with Gasteiger partial charge in [0, 0.05) is 99.1 Å². The van der Waals surface area contributed by atoms with Gasteiger partial charge in [-0.3, -0.25) is 0 Å². The molecule has 0 aliphatic rings. The Kier molecular flexibility index (Phi) is 17.2. The maximum absolute atomic E-state index is 7.04. The summed E-state index contributed by atoms with van der Waals surface area (Å²) in [7, 11) is 6.51. The molecule has 0 aliphatic heterocycles. The lowest BCUT2D eigenvalue weighted by molar-refractivity contribution is 0.0663. The van der Waals surface area contributed by atoms with E-state index in [2.05, 4.69) is 13.8 Å². The molecular formula is C23H56N2O9Si3. The van der Waals surface area contributed by atoms with E-state index in [4.69, 9.17) is 51.3 Å². The second kappa shape index (κ2) is 17.1. The predicted octanol–water partition coefficient (Wildman–Crippen LogP) is 3.01.